The first-order valence-corrected chi connectivity index (χ1v) is 12.0. The summed E-state index contributed by atoms with van der Waals surface area (Å²) in [5.74, 6) is 0. The first kappa shape index (κ1) is 25.9. The molecule has 0 aliphatic rings. The minimum absolute atomic E-state index is 0.819. The standard InChI is InChI=1S/C24H50O2/c1-3-4-5-6-7-8-9-10-11-12-13-14-15-16-17-18-19-20-23-26-24-21-22-25-2/h3-24H2,1-2H3. The maximum Gasteiger partial charge on any atom is 0.0487 e. The molecule has 0 saturated carbocycles. The van der Waals surface area contributed by atoms with Crippen LogP contribution in [0.1, 0.15) is 129 Å². The molecule has 0 aliphatic carbocycles. The van der Waals surface area contributed by atoms with Crippen LogP contribution in [-0.2, 0) is 9.47 Å². The van der Waals surface area contributed by atoms with Crippen molar-refractivity contribution in [3.63, 3.8) is 0 Å². The lowest BCUT2D eigenvalue weighted by molar-refractivity contribution is 0.100. The van der Waals surface area contributed by atoms with E-state index in [0.717, 1.165) is 26.2 Å². The van der Waals surface area contributed by atoms with Gasteiger partial charge in [0.15, 0.2) is 0 Å². The van der Waals surface area contributed by atoms with Crippen molar-refractivity contribution in [1.29, 1.82) is 0 Å². The smallest absolute Gasteiger partial charge is 0.0487 e. The highest BCUT2D eigenvalue weighted by Gasteiger charge is 1.95. The summed E-state index contributed by atoms with van der Waals surface area (Å²) >= 11 is 0. The van der Waals surface area contributed by atoms with Crippen LogP contribution in [0, 0.1) is 0 Å². The minimum atomic E-state index is 0.819. The van der Waals surface area contributed by atoms with E-state index in [9.17, 15) is 0 Å². The number of hydrogen-bond acceptors (Lipinski definition) is 2. The maximum absolute atomic E-state index is 5.58. The molecule has 0 N–H and O–H groups in total. The molecule has 0 aromatic carbocycles. The van der Waals surface area contributed by atoms with Crippen LogP contribution in [0.5, 0.6) is 0 Å². The molecule has 0 radical (unpaired) electrons. The quantitative estimate of drug-likeness (QED) is 0.169. The Morgan fingerprint density at radius 2 is 0.731 bits per heavy atom. The van der Waals surface area contributed by atoms with Crippen LogP contribution in [0.2, 0.25) is 0 Å². The summed E-state index contributed by atoms with van der Waals surface area (Å²) in [4.78, 5) is 0. The van der Waals surface area contributed by atoms with Crippen LogP contribution >= 0.6 is 0 Å². The Balaban J connectivity index is 2.95. The Labute approximate surface area is 165 Å². The van der Waals surface area contributed by atoms with Gasteiger partial charge >= 0.3 is 0 Å². The molecule has 0 aliphatic heterocycles. The van der Waals surface area contributed by atoms with Crippen molar-refractivity contribution in [3.8, 4) is 0 Å². The fourth-order valence-corrected chi connectivity index (χ4v) is 3.51. The maximum atomic E-state index is 5.58. The van der Waals surface area contributed by atoms with Crippen molar-refractivity contribution in [1.82, 2.24) is 0 Å². The predicted molar refractivity (Wildman–Crippen MR) is 116 cm³/mol. The van der Waals surface area contributed by atoms with Gasteiger partial charge in [-0.3, -0.25) is 0 Å². The number of rotatable bonds is 23. The van der Waals surface area contributed by atoms with Gasteiger partial charge in [-0.25, -0.2) is 0 Å². The summed E-state index contributed by atoms with van der Waals surface area (Å²) in [6.45, 7) is 4.90. The van der Waals surface area contributed by atoms with Crippen molar-refractivity contribution >= 4 is 0 Å². The van der Waals surface area contributed by atoms with E-state index in [0.29, 0.717) is 0 Å². The monoisotopic (exact) mass is 370 g/mol. The molecular formula is C24H50O2. The molecule has 26 heavy (non-hydrogen) atoms. The molecule has 0 saturated heterocycles. The summed E-state index contributed by atoms with van der Waals surface area (Å²) < 4.78 is 10.6. The fraction of sp³-hybridized carbons (Fsp3) is 1.00. The molecule has 158 valence electrons. The van der Waals surface area contributed by atoms with Crippen molar-refractivity contribution in [2.24, 2.45) is 0 Å². The summed E-state index contributed by atoms with van der Waals surface area (Å²) in [6.07, 6.45) is 26.8. The zero-order valence-corrected chi connectivity index (χ0v) is 18.4. The van der Waals surface area contributed by atoms with Crippen LogP contribution in [0.4, 0.5) is 0 Å². The lowest BCUT2D eigenvalue weighted by Crippen LogP contribution is -2.00. The first-order chi connectivity index (χ1) is 12.9. The molecule has 2 nitrogen and oxygen atoms in total. The van der Waals surface area contributed by atoms with E-state index in [1.807, 2.05) is 0 Å². The molecule has 0 bridgehead atoms. The molecule has 0 fully saturated rings. The molecule has 0 aromatic heterocycles. The van der Waals surface area contributed by atoms with Gasteiger partial charge in [0.2, 0.25) is 0 Å². The van der Waals surface area contributed by atoms with Crippen LogP contribution in [0.15, 0.2) is 0 Å². The Hall–Kier alpha value is -0.0800. The van der Waals surface area contributed by atoms with E-state index in [1.54, 1.807) is 7.11 Å². The lowest BCUT2D eigenvalue weighted by atomic mass is 10.0. The average Bonchev–Trinajstić information content (AvgIpc) is 2.66. The fourth-order valence-electron chi connectivity index (χ4n) is 3.51. The van der Waals surface area contributed by atoms with E-state index < -0.39 is 0 Å². The normalized spacial score (nSPS) is 11.3. The first-order valence-electron chi connectivity index (χ1n) is 12.0. The van der Waals surface area contributed by atoms with E-state index in [4.69, 9.17) is 9.47 Å². The van der Waals surface area contributed by atoms with E-state index >= 15 is 0 Å². The molecule has 2 heteroatoms. The SMILES string of the molecule is CCCCCCCCCCCCCCCCCCCCOCCCOC. The summed E-state index contributed by atoms with van der Waals surface area (Å²) in [6, 6.07) is 0. The van der Waals surface area contributed by atoms with Crippen molar-refractivity contribution in [2.45, 2.75) is 129 Å². The predicted octanol–water partition coefficient (Wildman–Crippen LogP) is 8.08. The van der Waals surface area contributed by atoms with Crippen molar-refractivity contribution in [2.75, 3.05) is 26.9 Å². The highest BCUT2D eigenvalue weighted by molar-refractivity contribution is 4.50. The molecule has 0 aromatic rings. The second-order valence-electron chi connectivity index (χ2n) is 7.97. The number of methoxy groups -OCH3 is 1. The summed E-state index contributed by atoms with van der Waals surface area (Å²) in [7, 11) is 1.75. The molecule has 0 heterocycles. The van der Waals surface area contributed by atoms with Crippen molar-refractivity contribution < 1.29 is 9.47 Å². The minimum Gasteiger partial charge on any atom is -0.385 e. The number of hydrogen-bond donors (Lipinski definition) is 0. The second-order valence-corrected chi connectivity index (χ2v) is 7.97. The van der Waals surface area contributed by atoms with Gasteiger partial charge in [-0.2, -0.15) is 0 Å². The molecule has 0 atom stereocenters. The highest BCUT2D eigenvalue weighted by Crippen LogP contribution is 2.14. The van der Waals surface area contributed by atoms with Crippen LogP contribution < -0.4 is 0 Å². The zero-order valence-electron chi connectivity index (χ0n) is 18.4. The van der Waals surface area contributed by atoms with Crippen LogP contribution in [-0.4, -0.2) is 26.9 Å². The number of ether oxygens (including phenoxy) is 2. The highest BCUT2D eigenvalue weighted by atomic mass is 16.5. The van der Waals surface area contributed by atoms with Crippen LogP contribution in [0.25, 0.3) is 0 Å². The van der Waals surface area contributed by atoms with Gasteiger partial charge in [0.1, 0.15) is 0 Å². The summed E-state index contributed by atoms with van der Waals surface area (Å²) in [5.41, 5.74) is 0. The number of unbranched alkanes of at least 4 members (excludes halogenated alkanes) is 17. The third-order valence-electron chi connectivity index (χ3n) is 5.28. The van der Waals surface area contributed by atoms with Crippen molar-refractivity contribution in [3.05, 3.63) is 0 Å². The van der Waals surface area contributed by atoms with E-state index in [-0.39, 0.29) is 0 Å². The molecule has 0 unspecified atom stereocenters. The molecule has 0 amide bonds. The Kier molecular flexibility index (Phi) is 24.8. The largest absolute Gasteiger partial charge is 0.385 e. The van der Waals surface area contributed by atoms with Crippen LogP contribution in [0.3, 0.4) is 0 Å². The van der Waals surface area contributed by atoms with Gasteiger partial charge in [-0.15, -0.1) is 0 Å². The third kappa shape index (κ3) is 23.9. The van der Waals surface area contributed by atoms with Gasteiger partial charge in [0, 0.05) is 26.9 Å². The Bertz CT molecular complexity index is 206. The Morgan fingerprint density at radius 3 is 1.12 bits per heavy atom. The molecule has 0 rings (SSSR count). The Morgan fingerprint density at radius 1 is 0.385 bits per heavy atom. The van der Waals surface area contributed by atoms with Gasteiger partial charge in [0.25, 0.3) is 0 Å². The topological polar surface area (TPSA) is 18.5 Å². The van der Waals surface area contributed by atoms with Gasteiger partial charge < -0.3 is 9.47 Å². The molecule has 0 spiro atoms. The summed E-state index contributed by atoms with van der Waals surface area (Å²) in [5, 5.41) is 0. The van der Waals surface area contributed by atoms with E-state index in [1.165, 1.54) is 116 Å². The molecular weight excluding hydrogens is 320 g/mol. The van der Waals surface area contributed by atoms with Gasteiger partial charge in [0.05, 0.1) is 0 Å². The van der Waals surface area contributed by atoms with Gasteiger partial charge in [-0.05, 0) is 12.8 Å². The third-order valence-corrected chi connectivity index (χ3v) is 5.28. The lowest BCUT2D eigenvalue weighted by Gasteiger charge is -2.05. The van der Waals surface area contributed by atoms with E-state index in [2.05, 4.69) is 6.92 Å². The second kappa shape index (κ2) is 24.9. The zero-order chi connectivity index (χ0) is 19.0. The average molecular weight is 371 g/mol. The van der Waals surface area contributed by atoms with Gasteiger partial charge in [-0.1, -0.05) is 116 Å².